The lowest BCUT2D eigenvalue weighted by Gasteiger charge is -2.31. The largest absolute Gasteiger partial charge is 0.444 e. The number of fused-ring (bicyclic) bond motifs is 3. The average molecular weight is 436 g/mol. The Bertz CT molecular complexity index is 1260. The van der Waals surface area contributed by atoms with Crippen molar-refractivity contribution in [2.45, 2.75) is 45.9 Å². The summed E-state index contributed by atoms with van der Waals surface area (Å²) in [6.45, 7) is 6.24. The molecule has 1 amide bonds. The molecule has 2 aromatic heterocycles. The number of ether oxygens (including phenoxy) is 1. The minimum atomic E-state index is -0.624. The van der Waals surface area contributed by atoms with Gasteiger partial charge in [-0.25, -0.2) is 9.78 Å². The molecule has 166 valence electrons. The first-order valence-corrected chi connectivity index (χ1v) is 10.3. The van der Waals surface area contributed by atoms with Crippen molar-refractivity contribution in [3.63, 3.8) is 0 Å². The number of hydrogen-bond donors (Lipinski definition) is 0. The van der Waals surface area contributed by atoms with Gasteiger partial charge in [-0.05, 0) is 50.5 Å². The van der Waals surface area contributed by atoms with Gasteiger partial charge in [-0.2, -0.15) is 0 Å². The number of amides is 1. The van der Waals surface area contributed by atoms with E-state index >= 15 is 0 Å². The van der Waals surface area contributed by atoms with Crippen molar-refractivity contribution in [2.75, 3.05) is 6.54 Å². The summed E-state index contributed by atoms with van der Waals surface area (Å²) >= 11 is 0. The number of hydrogen-bond acceptors (Lipinski definition) is 6. The number of nitro groups is 1. The number of benzene rings is 1. The molecule has 0 fully saturated rings. The minimum absolute atomic E-state index is 0.0116. The molecule has 0 atom stereocenters. The van der Waals surface area contributed by atoms with Crippen LogP contribution in [0.25, 0.3) is 11.0 Å². The van der Waals surface area contributed by atoms with Crippen LogP contribution in [-0.2, 0) is 24.2 Å². The van der Waals surface area contributed by atoms with E-state index in [2.05, 4.69) is 4.98 Å². The molecule has 0 saturated carbocycles. The van der Waals surface area contributed by atoms with E-state index in [9.17, 15) is 19.7 Å². The highest BCUT2D eigenvalue weighted by molar-refractivity contribution is 5.81. The molecule has 4 rings (SSSR count). The summed E-state index contributed by atoms with van der Waals surface area (Å²) < 4.78 is 7.05. The molecule has 0 N–H and O–H groups in total. The second kappa shape index (κ2) is 8.07. The van der Waals surface area contributed by atoms with Crippen molar-refractivity contribution >= 4 is 22.8 Å². The lowest BCUT2D eigenvalue weighted by atomic mass is 9.97. The van der Waals surface area contributed by atoms with Crippen LogP contribution in [0.2, 0.25) is 0 Å². The first-order chi connectivity index (χ1) is 15.1. The molecule has 0 saturated heterocycles. The van der Waals surface area contributed by atoms with E-state index in [0.717, 1.165) is 16.5 Å². The number of rotatable bonds is 3. The van der Waals surface area contributed by atoms with Crippen molar-refractivity contribution in [1.82, 2.24) is 14.5 Å². The predicted octanol–water partition coefficient (Wildman–Crippen LogP) is 3.65. The highest BCUT2D eigenvalue weighted by Gasteiger charge is 2.29. The zero-order valence-electron chi connectivity index (χ0n) is 18.2. The van der Waals surface area contributed by atoms with Crippen LogP contribution in [0.5, 0.6) is 0 Å². The molecule has 0 unspecified atom stereocenters. The van der Waals surface area contributed by atoms with Crippen molar-refractivity contribution in [3.05, 3.63) is 79.8 Å². The van der Waals surface area contributed by atoms with Gasteiger partial charge in [0.25, 0.3) is 11.2 Å². The van der Waals surface area contributed by atoms with Crippen LogP contribution in [0.15, 0.2) is 47.4 Å². The predicted molar refractivity (Wildman–Crippen MR) is 119 cm³/mol. The third-order valence-corrected chi connectivity index (χ3v) is 5.36. The van der Waals surface area contributed by atoms with Crippen molar-refractivity contribution < 1.29 is 14.5 Å². The van der Waals surface area contributed by atoms with Crippen molar-refractivity contribution in [3.8, 4) is 0 Å². The van der Waals surface area contributed by atoms with Crippen LogP contribution in [0.1, 0.15) is 37.5 Å². The average Bonchev–Trinajstić information content (AvgIpc) is 2.75. The van der Waals surface area contributed by atoms with Crippen LogP contribution in [0, 0.1) is 10.1 Å². The Balaban J connectivity index is 1.75. The smallest absolute Gasteiger partial charge is 0.410 e. The standard InChI is InChI=1S/C23H24N4O5/c1-23(2,3)32-22(29)25-12-10-17-18-5-4-11-24-20(18)26(21(28)19(17)14-25)13-15-6-8-16(9-7-15)27(30)31/h4-9,11H,10,12-14H2,1-3H3. The van der Waals surface area contributed by atoms with Crippen LogP contribution in [-0.4, -0.2) is 37.6 Å². The van der Waals surface area contributed by atoms with E-state index in [0.29, 0.717) is 24.2 Å². The Kier molecular flexibility index (Phi) is 5.41. The maximum absolute atomic E-state index is 13.5. The molecule has 32 heavy (non-hydrogen) atoms. The van der Waals surface area contributed by atoms with E-state index in [1.807, 2.05) is 12.1 Å². The normalized spacial score (nSPS) is 13.7. The van der Waals surface area contributed by atoms with Gasteiger partial charge in [0.2, 0.25) is 0 Å². The van der Waals surface area contributed by atoms with Crippen LogP contribution < -0.4 is 5.56 Å². The van der Waals surface area contributed by atoms with Crippen LogP contribution in [0.3, 0.4) is 0 Å². The van der Waals surface area contributed by atoms with Gasteiger partial charge in [0.05, 0.1) is 18.0 Å². The molecule has 9 nitrogen and oxygen atoms in total. The fraction of sp³-hybridized carbons (Fsp3) is 0.348. The second-order valence-electron chi connectivity index (χ2n) is 8.80. The third kappa shape index (κ3) is 4.18. The summed E-state index contributed by atoms with van der Waals surface area (Å²) in [5, 5.41) is 11.8. The van der Waals surface area contributed by atoms with Gasteiger partial charge in [0, 0.05) is 35.8 Å². The Labute approximate surface area is 184 Å². The van der Waals surface area contributed by atoms with Gasteiger partial charge in [-0.3, -0.25) is 19.5 Å². The number of non-ortho nitro benzene ring substituents is 1. The number of nitrogens with zero attached hydrogens (tertiary/aromatic N) is 4. The minimum Gasteiger partial charge on any atom is -0.444 e. The number of pyridine rings is 2. The second-order valence-corrected chi connectivity index (χ2v) is 8.80. The van der Waals surface area contributed by atoms with E-state index < -0.39 is 16.6 Å². The Morgan fingerprint density at radius 2 is 1.91 bits per heavy atom. The molecule has 0 bridgehead atoms. The maximum atomic E-state index is 13.5. The Hall–Kier alpha value is -3.75. The molecule has 0 radical (unpaired) electrons. The molecule has 0 aliphatic carbocycles. The summed E-state index contributed by atoms with van der Waals surface area (Å²) in [5.74, 6) is 0. The lowest BCUT2D eigenvalue weighted by Crippen LogP contribution is -2.43. The van der Waals surface area contributed by atoms with Gasteiger partial charge in [-0.1, -0.05) is 12.1 Å². The lowest BCUT2D eigenvalue weighted by molar-refractivity contribution is -0.384. The maximum Gasteiger partial charge on any atom is 0.410 e. The van der Waals surface area contributed by atoms with Crippen molar-refractivity contribution in [2.24, 2.45) is 0 Å². The SMILES string of the molecule is CC(C)(C)OC(=O)N1CCc2c(c(=O)n(Cc3ccc([N+](=O)[O-])cc3)c3ncccc23)C1. The molecule has 3 aromatic rings. The fourth-order valence-corrected chi connectivity index (χ4v) is 3.90. The Morgan fingerprint density at radius 1 is 1.19 bits per heavy atom. The molecule has 0 spiro atoms. The molecule has 9 heteroatoms. The number of carbonyl (C=O) groups is 1. The first-order valence-electron chi connectivity index (χ1n) is 10.3. The summed E-state index contributed by atoms with van der Waals surface area (Å²) in [7, 11) is 0. The number of nitro benzene ring substituents is 1. The monoisotopic (exact) mass is 436 g/mol. The molecule has 1 aliphatic heterocycles. The highest BCUT2D eigenvalue weighted by atomic mass is 16.6. The molecule has 3 heterocycles. The van der Waals surface area contributed by atoms with Gasteiger partial charge < -0.3 is 9.64 Å². The van der Waals surface area contributed by atoms with Crippen molar-refractivity contribution in [1.29, 1.82) is 0 Å². The summed E-state index contributed by atoms with van der Waals surface area (Å²) in [5.41, 5.74) is 1.88. The first kappa shape index (κ1) is 21.5. The van der Waals surface area contributed by atoms with Crippen LogP contribution in [0.4, 0.5) is 10.5 Å². The van der Waals surface area contributed by atoms with Crippen LogP contribution >= 0.6 is 0 Å². The number of carbonyl (C=O) groups excluding carboxylic acids is 1. The quantitative estimate of drug-likeness (QED) is 0.458. The van der Waals surface area contributed by atoms with Gasteiger partial charge >= 0.3 is 6.09 Å². The fourth-order valence-electron chi connectivity index (χ4n) is 3.90. The van der Waals surface area contributed by atoms with Gasteiger partial charge in [-0.15, -0.1) is 0 Å². The van der Waals surface area contributed by atoms with E-state index in [-0.39, 0.29) is 24.3 Å². The Morgan fingerprint density at radius 3 is 2.56 bits per heavy atom. The van der Waals surface area contributed by atoms with Gasteiger partial charge in [0.1, 0.15) is 11.2 Å². The summed E-state index contributed by atoms with van der Waals surface area (Å²) in [6, 6.07) is 9.84. The molecule has 1 aliphatic rings. The zero-order chi connectivity index (χ0) is 23.0. The van der Waals surface area contributed by atoms with Gasteiger partial charge in [0.15, 0.2) is 0 Å². The van der Waals surface area contributed by atoms with E-state index in [1.54, 1.807) is 48.6 Å². The molecular weight excluding hydrogens is 412 g/mol. The zero-order valence-corrected chi connectivity index (χ0v) is 18.2. The topological polar surface area (TPSA) is 108 Å². The summed E-state index contributed by atoms with van der Waals surface area (Å²) in [4.78, 5) is 42.5. The van der Waals surface area contributed by atoms with E-state index in [1.165, 1.54) is 12.1 Å². The molecule has 1 aromatic carbocycles. The molecular formula is C23H24N4O5. The van der Waals surface area contributed by atoms with E-state index in [4.69, 9.17) is 4.74 Å². The number of aromatic nitrogens is 2. The third-order valence-electron chi connectivity index (χ3n) is 5.36. The summed E-state index contributed by atoms with van der Waals surface area (Å²) in [6.07, 6.45) is 1.72. The highest BCUT2D eigenvalue weighted by Crippen LogP contribution is 2.26.